The van der Waals surface area contributed by atoms with Crippen LogP contribution < -0.4 is 0 Å². The van der Waals surface area contributed by atoms with Crippen molar-refractivity contribution in [1.82, 2.24) is 0 Å². The van der Waals surface area contributed by atoms with Crippen molar-refractivity contribution in [3.63, 3.8) is 0 Å². The summed E-state index contributed by atoms with van der Waals surface area (Å²) in [6.07, 6.45) is 10.2. The zero-order chi connectivity index (χ0) is 8.53. The third kappa shape index (κ3) is 8.25. The van der Waals surface area contributed by atoms with Crippen LogP contribution in [-0.4, -0.2) is 11.5 Å². The molecule has 1 heteroatoms. The Morgan fingerprint density at radius 3 is 2.36 bits per heavy atom. The molecule has 1 radical (unpaired) electrons. The lowest BCUT2D eigenvalue weighted by Crippen LogP contribution is -1.93. The normalized spacial score (nSPS) is 13.4. The van der Waals surface area contributed by atoms with Gasteiger partial charge in [-0.3, -0.25) is 0 Å². The van der Waals surface area contributed by atoms with Crippen LogP contribution in [0.3, 0.4) is 0 Å². The lowest BCUT2D eigenvalue weighted by atomic mass is 10.1. The molecule has 0 nitrogen and oxygen atoms in total. The molecule has 0 aliphatic heterocycles. The topological polar surface area (TPSA) is 0 Å². The van der Waals surface area contributed by atoms with Gasteiger partial charge in [0.2, 0.25) is 0 Å². The summed E-state index contributed by atoms with van der Waals surface area (Å²) in [7, 11) is 0. The van der Waals surface area contributed by atoms with Gasteiger partial charge in [-0.05, 0) is 12.7 Å². The maximum Gasteiger partial charge on any atom is 0.00159 e. The zero-order valence-corrected chi connectivity index (χ0v) is 8.75. The molecule has 0 aliphatic carbocycles. The summed E-state index contributed by atoms with van der Waals surface area (Å²) in [6, 6.07) is 0. The maximum absolute atomic E-state index is 3.83. The molecule has 0 aromatic heterocycles. The summed E-state index contributed by atoms with van der Waals surface area (Å²) in [6.45, 7) is 6.14. The van der Waals surface area contributed by atoms with Gasteiger partial charge in [-0.2, -0.15) is 11.8 Å². The van der Waals surface area contributed by atoms with Gasteiger partial charge >= 0.3 is 0 Å². The van der Waals surface area contributed by atoms with E-state index in [2.05, 4.69) is 20.1 Å². The first-order valence-corrected chi connectivity index (χ1v) is 5.92. The molecule has 0 N–H and O–H groups in total. The average Bonchev–Trinajstić information content (AvgIpc) is 2.04. The molecular weight excluding hydrogens is 152 g/mol. The van der Waals surface area contributed by atoms with E-state index in [0.29, 0.717) is 0 Å². The SMILES string of the molecule is [CH2]CCCCCCC(C)SC. The largest absolute Gasteiger partial charge is 0.162 e. The average molecular weight is 173 g/mol. The van der Waals surface area contributed by atoms with Crippen molar-refractivity contribution in [3.05, 3.63) is 6.92 Å². The van der Waals surface area contributed by atoms with E-state index in [0.717, 1.165) is 11.7 Å². The Labute approximate surface area is 76.1 Å². The minimum atomic E-state index is 0.856. The van der Waals surface area contributed by atoms with Crippen LogP contribution in [0.15, 0.2) is 0 Å². The van der Waals surface area contributed by atoms with E-state index in [-0.39, 0.29) is 0 Å². The van der Waals surface area contributed by atoms with Gasteiger partial charge in [0.05, 0.1) is 0 Å². The molecule has 11 heavy (non-hydrogen) atoms. The number of hydrogen-bond acceptors (Lipinski definition) is 1. The van der Waals surface area contributed by atoms with Crippen LogP contribution in [0.2, 0.25) is 0 Å². The summed E-state index contributed by atoms with van der Waals surface area (Å²) >= 11 is 1.98. The molecular formula is C10H21S. The second-order valence-electron chi connectivity index (χ2n) is 3.10. The summed E-state index contributed by atoms with van der Waals surface area (Å²) in [4.78, 5) is 0. The molecule has 0 fully saturated rings. The van der Waals surface area contributed by atoms with E-state index < -0.39 is 0 Å². The fourth-order valence-electron chi connectivity index (χ4n) is 1.08. The van der Waals surface area contributed by atoms with Gasteiger partial charge in [-0.25, -0.2) is 0 Å². The van der Waals surface area contributed by atoms with Crippen molar-refractivity contribution in [1.29, 1.82) is 0 Å². The van der Waals surface area contributed by atoms with Crippen LogP contribution in [0, 0.1) is 6.92 Å². The summed E-state index contributed by atoms with van der Waals surface area (Å²) in [5.41, 5.74) is 0. The molecule has 67 valence electrons. The molecule has 1 atom stereocenters. The van der Waals surface area contributed by atoms with Gasteiger partial charge in [-0.15, -0.1) is 0 Å². The van der Waals surface area contributed by atoms with E-state index in [9.17, 15) is 0 Å². The number of thioether (sulfide) groups is 1. The molecule has 0 heterocycles. The van der Waals surface area contributed by atoms with Crippen LogP contribution in [0.25, 0.3) is 0 Å². The first-order chi connectivity index (χ1) is 5.31. The van der Waals surface area contributed by atoms with Crippen molar-refractivity contribution in [2.75, 3.05) is 6.26 Å². The van der Waals surface area contributed by atoms with Crippen molar-refractivity contribution in [2.45, 2.75) is 50.7 Å². The molecule has 0 aromatic carbocycles. The van der Waals surface area contributed by atoms with E-state index >= 15 is 0 Å². The summed E-state index contributed by atoms with van der Waals surface area (Å²) < 4.78 is 0. The standard InChI is InChI=1S/C10H21S/c1-4-5-6-7-8-9-10(2)11-3/h10H,1,4-9H2,2-3H3. The Morgan fingerprint density at radius 1 is 1.18 bits per heavy atom. The van der Waals surface area contributed by atoms with Crippen molar-refractivity contribution < 1.29 is 0 Å². The van der Waals surface area contributed by atoms with Crippen LogP contribution >= 0.6 is 11.8 Å². The maximum atomic E-state index is 3.83. The number of hydrogen-bond donors (Lipinski definition) is 0. The van der Waals surface area contributed by atoms with Crippen LogP contribution in [-0.2, 0) is 0 Å². The Bertz CT molecular complexity index is 71.3. The zero-order valence-electron chi connectivity index (χ0n) is 7.94. The molecule has 0 aromatic rings. The molecule has 0 saturated carbocycles. The highest BCUT2D eigenvalue weighted by atomic mass is 32.2. The second kappa shape index (κ2) is 8.45. The molecule has 0 spiro atoms. The molecule has 0 rings (SSSR count). The van der Waals surface area contributed by atoms with E-state index in [1.54, 1.807) is 0 Å². The van der Waals surface area contributed by atoms with Gasteiger partial charge < -0.3 is 0 Å². The fourth-order valence-corrected chi connectivity index (χ4v) is 1.48. The van der Waals surface area contributed by atoms with Gasteiger partial charge in [0.15, 0.2) is 0 Å². The molecule has 0 aliphatic rings. The quantitative estimate of drug-likeness (QED) is 0.526. The Balaban J connectivity index is 2.89. The monoisotopic (exact) mass is 173 g/mol. The lowest BCUT2D eigenvalue weighted by Gasteiger charge is -2.06. The predicted molar refractivity (Wildman–Crippen MR) is 56.0 cm³/mol. The Hall–Kier alpha value is 0.350. The number of unbranched alkanes of at least 4 members (excludes halogenated alkanes) is 4. The highest BCUT2D eigenvalue weighted by molar-refractivity contribution is 7.99. The second-order valence-corrected chi connectivity index (χ2v) is 4.38. The van der Waals surface area contributed by atoms with Crippen molar-refractivity contribution in [2.24, 2.45) is 0 Å². The van der Waals surface area contributed by atoms with Gasteiger partial charge in [0.25, 0.3) is 0 Å². The minimum absolute atomic E-state index is 0.856. The highest BCUT2D eigenvalue weighted by Crippen LogP contribution is 2.14. The van der Waals surface area contributed by atoms with Gasteiger partial charge in [0, 0.05) is 5.25 Å². The van der Waals surface area contributed by atoms with Crippen LogP contribution in [0.5, 0.6) is 0 Å². The first-order valence-electron chi connectivity index (χ1n) is 4.63. The molecule has 0 saturated heterocycles. The van der Waals surface area contributed by atoms with Crippen molar-refractivity contribution in [3.8, 4) is 0 Å². The van der Waals surface area contributed by atoms with E-state index in [1.807, 2.05) is 11.8 Å². The first kappa shape index (κ1) is 11.4. The smallest absolute Gasteiger partial charge is 0.00159 e. The predicted octanol–water partition coefficient (Wildman–Crippen LogP) is 3.91. The van der Waals surface area contributed by atoms with Crippen molar-refractivity contribution >= 4 is 11.8 Å². The van der Waals surface area contributed by atoms with Crippen LogP contribution in [0.4, 0.5) is 0 Å². The summed E-state index contributed by atoms with van der Waals surface area (Å²) in [5, 5.41) is 0.856. The van der Waals surface area contributed by atoms with E-state index in [4.69, 9.17) is 0 Å². The van der Waals surface area contributed by atoms with E-state index in [1.165, 1.54) is 32.1 Å². The van der Waals surface area contributed by atoms with Gasteiger partial charge in [0.1, 0.15) is 0 Å². The van der Waals surface area contributed by atoms with Gasteiger partial charge in [-0.1, -0.05) is 46.0 Å². The molecule has 0 bridgehead atoms. The Kier molecular flexibility index (Phi) is 8.72. The number of rotatable bonds is 7. The highest BCUT2D eigenvalue weighted by Gasteiger charge is 1.97. The van der Waals surface area contributed by atoms with Crippen LogP contribution in [0.1, 0.15) is 45.4 Å². The molecule has 0 amide bonds. The third-order valence-electron chi connectivity index (χ3n) is 2.01. The fraction of sp³-hybridized carbons (Fsp3) is 0.900. The Morgan fingerprint density at radius 2 is 1.82 bits per heavy atom. The lowest BCUT2D eigenvalue weighted by molar-refractivity contribution is 0.616. The molecule has 1 unspecified atom stereocenters. The summed E-state index contributed by atoms with van der Waals surface area (Å²) in [5.74, 6) is 0. The third-order valence-corrected chi connectivity index (χ3v) is 3.05. The minimum Gasteiger partial charge on any atom is -0.162 e.